The van der Waals surface area contributed by atoms with E-state index in [1.165, 1.54) is 12.1 Å². The molecule has 0 aromatic heterocycles. The Morgan fingerprint density at radius 2 is 1.71 bits per heavy atom. The molecule has 31 heavy (non-hydrogen) atoms. The second-order valence-corrected chi connectivity index (χ2v) is 7.03. The van der Waals surface area contributed by atoms with Crippen molar-refractivity contribution < 1.29 is 13.9 Å². The summed E-state index contributed by atoms with van der Waals surface area (Å²) in [7, 11) is 3.48. The first-order chi connectivity index (χ1) is 14.5. The first kappa shape index (κ1) is 26.7. The Balaban J connectivity index is 0.00000480. The van der Waals surface area contributed by atoms with Crippen LogP contribution in [0.4, 0.5) is 4.39 Å². The minimum atomic E-state index is -0.264. The largest absolute Gasteiger partial charge is 0.494 e. The molecule has 6 nitrogen and oxygen atoms in total. The molecule has 0 fully saturated rings. The lowest BCUT2D eigenvalue weighted by Gasteiger charge is -2.12. The summed E-state index contributed by atoms with van der Waals surface area (Å²) in [6.45, 7) is 4.68. The minimum Gasteiger partial charge on any atom is -0.494 e. The molecule has 2 N–H and O–H groups in total. The van der Waals surface area contributed by atoms with E-state index in [0.717, 1.165) is 37.5 Å². The monoisotopic (exact) mass is 542 g/mol. The van der Waals surface area contributed by atoms with E-state index in [-0.39, 0.29) is 35.7 Å². The minimum absolute atomic E-state index is 0. The Bertz CT molecular complexity index is 811. The molecule has 0 aliphatic rings. The molecule has 0 atom stereocenters. The van der Waals surface area contributed by atoms with E-state index in [9.17, 15) is 9.18 Å². The molecule has 2 aromatic carbocycles. The fourth-order valence-electron chi connectivity index (χ4n) is 2.68. The number of benzene rings is 2. The molecule has 170 valence electrons. The summed E-state index contributed by atoms with van der Waals surface area (Å²) in [6, 6.07) is 13.6. The van der Waals surface area contributed by atoms with E-state index < -0.39 is 0 Å². The molecule has 8 heteroatoms. The molecule has 2 rings (SSSR count). The third kappa shape index (κ3) is 9.99. The third-order valence-electron chi connectivity index (χ3n) is 4.32. The van der Waals surface area contributed by atoms with Crippen LogP contribution in [0.2, 0.25) is 0 Å². The number of ether oxygens (including phenoxy) is 1. The van der Waals surface area contributed by atoms with E-state index in [1.54, 1.807) is 31.1 Å². The lowest BCUT2D eigenvalue weighted by Crippen LogP contribution is -2.37. The quantitative estimate of drug-likeness (QED) is 0.206. The van der Waals surface area contributed by atoms with Gasteiger partial charge in [-0.25, -0.2) is 9.38 Å². The van der Waals surface area contributed by atoms with E-state index >= 15 is 0 Å². The number of carbonyl (C=O) groups excluding carboxylic acids is 1. The average Bonchev–Trinajstić information content (AvgIpc) is 2.75. The molecular weight excluding hydrogens is 510 g/mol. The summed E-state index contributed by atoms with van der Waals surface area (Å²) in [6.07, 6.45) is 1.80. The van der Waals surface area contributed by atoms with Crippen LogP contribution >= 0.6 is 24.0 Å². The van der Waals surface area contributed by atoms with Gasteiger partial charge in [-0.3, -0.25) is 4.79 Å². The molecule has 0 aliphatic carbocycles. The maximum atomic E-state index is 12.9. The Labute approximate surface area is 201 Å². The Morgan fingerprint density at radius 1 is 1.03 bits per heavy atom. The average molecular weight is 542 g/mol. The van der Waals surface area contributed by atoms with Crippen molar-refractivity contribution in [1.29, 1.82) is 0 Å². The van der Waals surface area contributed by atoms with Crippen LogP contribution in [0.15, 0.2) is 53.5 Å². The standard InChI is InChI=1S/C23H31FN4O2.HI/c1-4-25-23(26-15-5-6-16-30-21-13-11-20(24)12-14-21)27-17-18-7-9-19(10-8-18)22(29)28(2)3;/h7-14H,4-6,15-17H2,1-3H3,(H2,25,26,27);1H. The molecule has 0 unspecified atom stereocenters. The number of carbonyl (C=O) groups is 1. The number of nitrogens with one attached hydrogen (secondary N) is 2. The number of aliphatic imine (C=N–C) groups is 1. The van der Waals surface area contributed by atoms with Crippen molar-refractivity contribution in [2.24, 2.45) is 4.99 Å². The van der Waals surface area contributed by atoms with E-state index in [0.29, 0.717) is 24.5 Å². The highest BCUT2D eigenvalue weighted by Crippen LogP contribution is 2.11. The second-order valence-electron chi connectivity index (χ2n) is 7.03. The van der Waals surface area contributed by atoms with Crippen LogP contribution in [0.3, 0.4) is 0 Å². The van der Waals surface area contributed by atoms with Crippen LogP contribution in [-0.4, -0.2) is 50.6 Å². The number of rotatable bonds is 10. The van der Waals surface area contributed by atoms with Gasteiger partial charge in [0.2, 0.25) is 0 Å². The van der Waals surface area contributed by atoms with Crippen LogP contribution in [0, 0.1) is 5.82 Å². The van der Waals surface area contributed by atoms with Gasteiger partial charge >= 0.3 is 0 Å². The van der Waals surface area contributed by atoms with E-state index in [4.69, 9.17) is 4.74 Å². The molecule has 2 aromatic rings. The maximum Gasteiger partial charge on any atom is 0.253 e. The highest BCUT2D eigenvalue weighted by Gasteiger charge is 2.07. The maximum absolute atomic E-state index is 12.9. The number of halogens is 2. The number of unbranched alkanes of at least 4 members (excludes halogenated alkanes) is 1. The second kappa shape index (κ2) is 14.6. The van der Waals surface area contributed by atoms with Gasteiger partial charge in [0.1, 0.15) is 11.6 Å². The van der Waals surface area contributed by atoms with Crippen molar-refractivity contribution in [1.82, 2.24) is 15.5 Å². The van der Waals surface area contributed by atoms with Gasteiger partial charge in [0.15, 0.2) is 5.96 Å². The van der Waals surface area contributed by atoms with Crippen molar-refractivity contribution in [3.05, 3.63) is 65.5 Å². The fourth-order valence-corrected chi connectivity index (χ4v) is 2.68. The van der Waals surface area contributed by atoms with E-state index in [2.05, 4.69) is 15.6 Å². The van der Waals surface area contributed by atoms with Gasteiger partial charge < -0.3 is 20.3 Å². The van der Waals surface area contributed by atoms with Gasteiger partial charge in [-0.15, -0.1) is 24.0 Å². The first-order valence-corrected chi connectivity index (χ1v) is 10.2. The summed E-state index contributed by atoms with van der Waals surface area (Å²) >= 11 is 0. The Morgan fingerprint density at radius 3 is 2.32 bits per heavy atom. The van der Waals surface area contributed by atoms with Crippen LogP contribution in [0.1, 0.15) is 35.7 Å². The molecular formula is C23H32FIN4O2. The zero-order valence-electron chi connectivity index (χ0n) is 18.4. The van der Waals surface area contributed by atoms with Crippen molar-refractivity contribution in [2.75, 3.05) is 33.8 Å². The van der Waals surface area contributed by atoms with Gasteiger partial charge in [0.05, 0.1) is 13.2 Å². The SMILES string of the molecule is CCNC(=NCc1ccc(C(=O)N(C)C)cc1)NCCCCOc1ccc(F)cc1.I. The first-order valence-electron chi connectivity index (χ1n) is 10.2. The fraction of sp³-hybridized carbons (Fsp3) is 0.391. The number of guanidine groups is 1. The van der Waals surface area contributed by atoms with Gasteiger partial charge in [0.25, 0.3) is 5.91 Å². The Hall–Kier alpha value is -2.36. The summed E-state index contributed by atoms with van der Waals surface area (Å²) < 4.78 is 18.5. The lowest BCUT2D eigenvalue weighted by molar-refractivity contribution is 0.0827. The number of nitrogens with zero attached hydrogens (tertiary/aromatic N) is 2. The highest BCUT2D eigenvalue weighted by molar-refractivity contribution is 14.0. The molecule has 0 saturated heterocycles. The van der Waals surface area contributed by atoms with Crippen LogP contribution in [0.25, 0.3) is 0 Å². The van der Waals surface area contributed by atoms with Crippen molar-refractivity contribution in [3.8, 4) is 5.75 Å². The topological polar surface area (TPSA) is 66.0 Å². The molecule has 0 bridgehead atoms. The molecule has 1 amide bonds. The summed E-state index contributed by atoms with van der Waals surface area (Å²) in [4.78, 5) is 18.1. The van der Waals surface area contributed by atoms with Crippen molar-refractivity contribution in [2.45, 2.75) is 26.3 Å². The van der Waals surface area contributed by atoms with Crippen molar-refractivity contribution >= 4 is 35.8 Å². The zero-order valence-corrected chi connectivity index (χ0v) is 20.7. The summed E-state index contributed by atoms with van der Waals surface area (Å²) in [5, 5.41) is 6.55. The van der Waals surface area contributed by atoms with Gasteiger partial charge in [-0.1, -0.05) is 12.1 Å². The van der Waals surface area contributed by atoms with Gasteiger partial charge in [-0.05, 0) is 61.7 Å². The number of hydrogen-bond donors (Lipinski definition) is 2. The third-order valence-corrected chi connectivity index (χ3v) is 4.32. The summed E-state index contributed by atoms with van der Waals surface area (Å²) in [5.74, 6) is 1.16. The normalized spacial score (nSPS) is 10.8. The highest BCUT2D eigenvalue weighted by atomic mass is 127. The summed E-state index contributed by atoms with van der Waals surface area (Å²) in [5.41, 5.74) is 1.70. The predicted molar refractivity (Wildman–Crippen MR) is 134 cm³/mol. The number of amides is 1. The number of hydrogen-bond acceptors (Lipinski definition) is 3. The lowest BCUT2D eigenvalue weighted by atomic mass is 10.1. The van der Waals surface area contributed by atoms with Crippen LogP contribution in [0.5, 0.6) is 5.75 Å². The zero-order chi connectivity index (χ0) is 21.8. The molecule has 0 radical (unpaired) electrons. The molecule has 0 saturated carbocycles. The predicted octanol–water partition coefficient (Wildman–Crippen LogP) is 4.06. The smallest absolute Gasteiger partial charge is 0.253 e. The van der Waals surface area contributed by atoms with E-state index in [1.807, 2.05) is 31.2 Å². The van der Waals surface area contributed by atoms with Crippen molar-refractivity contribution in [3.63, 3.8) is 0 Å². The van der Waals surface area contributed by atoms with Gasteiger partial charge in [0, 0.05) is 32.7 Å². The molecule has 0 spiro atoms. The van der Waals surface area contributed by atoms with Crippen LogP contribution in [-0.2, 0) is 6.54 Å². The van der Waals surface area contributed by atoms with Crippen LogP contribution < -0.4 is 15.4 Å². The van der Waals surface area contributed by atoms with Gasteiger partial charge in [-0.2, -0.15) is 0 Å². The molecule has 0 heterocycles. The Kier molecular flexibility index (Phi) is 12.6. The molecule has 0 aliphatic heterocycles.